The first kappa shape index (κ1) is 13.8. The monoisotopic (exact) mass is 280 g/mol. The van der Waals surface area contributed by atoms with Crippen LogP contribution in [0.4, 0.5) is 14.5 Å². The molecule has 20 heavy (non-hydrogen) atoms. The van der Waals surface area contributed by atoms with Gasteiger partial charge in [0.2, 0.25) is 0 Å². The van der Waals surface area contributed by atoms with Crippen LogP contribution in [0.15, 0.2) is 12.1 Å². The summed E-state index contributed by atoms with van der Waals surface area (Å²) in [6.07, 6.45) is 6.91. The van der Waals surface area contributed by atoms with E-state index in [0.717, 1.165) is 19.4 Å². The summed E-state index contributed by atoms with van der Waals surface area (Å²) in [5.41, 5.74) is 6.16. The van der Waals surface area contributed by atoms with Crippen molar-refractivity contribution in [2.45, 2.75) is 51.1 Å². The lowest BCUT2D eigenvalue weighted by atomic mass is 9.78. The van der Waals surface area contributed by atoms with Crippen molar-refractivity contribution in [1.82, 2.24) is 0 Å². The van der Waals surface area contributed by atoms with Crippen molar-refractivity contribution in [1.29, 1.82) is 0 Å². The van der Waals surface area contributed by atoms with Crippen LogP contribution in [0, 0.1) is 17.6 Å². The lowest BCUT2D eigenvalue weighted by Gasteiger charge is -2.45. The fourth-order valence-electron chi connectivity index (χ4n) is 3.91. The van der Waals surface area contributed by atoms with Gasteiger partial charge in [-0.15, -0.1) is 0 Å². The zero-order valence-electron chi connectivity index (χ0n) is 11.7. The van der Waals surface area contributed by atoms with E-state index in [-0.39, 0.29) is 12.2 Å². The number of nitrogens with zero attached hydrogens (tertiary/aromatic N) is 1. The maximum atomic E-state index is 14.3. The van der Waals surface area contributed by atoms with Gasteiger partial charge in [0.05, 0.1) is 0 Å². The van der Waals surface area contributed by atoms with Crippen LogP contribution in [0.5, 0.6) is 0 Å². The molecular weight excluding hydrogens is 258 g/mol. The molecule has 3 rings (SSSR count). The number of nitrogens with two attached hydrogens (primary N) is 1. The number of anilines is 1. The molecule has 2 atom stereocenters. The van der Waals surface area contributed by atoms with Gasteiger partial charge in [-0.05, 0) is 49.3 Å². The third-order valence-electron chi connectivity index (χ3n) is 4.84. The van der Waals surface area contributed by atoms with Gasteiger partial charge in [0.25, 0.3) is 0 Å². The van der Waals surface area contributed by atoms with Crippen molar-refractivity contribution < 1.29 is 8.78 Å². The van der Waals surface area contributed by atoms with Gasteiger partial charge in [0.15, 0.2) is 0 Å². The van der Waals surface area contributed by atoms with Gasteiger partial charge in [-0.2, -0.15) is 0 Å². The average molecular weight is 280 g/mol. The average Bonchev–Trinajstić information content (AvgIpc) is 2.46. The molecule has 0 radical (unpaired) electrons. The highest BCUT2D eigenvalue weighted by Crippen LogP contribution is 2.39. The van der Waals surface area contributed by atoms with Crippen LogP contribution >= 0.6 is 0 Å². The largest absolute Gasteiger partial charge is 0.364 e. The second kappa shape index (κ2) is 5.68. The first-order valence-electron chi connectivity index (χ1n) is 7.65. The standard InChI is InChI=1S/C16H22F2N2/c17-13-8-11(10-19)9-14(18)16(13)20-7-3-5-12-4-1-2-6-15(12)20/h8-9,12,15H,1-7,10,19H2. The molecule has 0 spiro atoms. The predicted molar refractivity (Wildman–Crippen MR) is 76.6 cm³/mol. The smallest absolute Gasteiger partial charge is 0.149 e. The molecule has 1 aromatic rings. The maximum Gasteiger partial charge on any atom is 0.149 e. The Morgan fingerprint density at radius 3 is 2.40 bits per heavy atom. The number of fused-ring (bicyclic) bond motifs is 1. The second-order valence-corrected chi connectivity index (χ2v) is 6.06. The Labute approximate surface area is 118 Å². The predicted octanol–water partition coefficient (Wildman–Crippen LogP) is 3.58. The van der Waals surface area contributed by atoms with Gasteiger partial charge in [-0.25, -0.2) is 8.78 Å². The van der Waals surface area contributed by atoms with E-state index in [2.05, 4.69) is 0 Å². The van der Waals surface area contributed by atoms with Gasteiger partial charge in [0, 0.05) is 19.1 Å². The van der Waals surface area contributed by atoms with Crippen LogP contribution in [0.1, 0.15) is 44.1 Å². The highest BCUT2D eigenvalue weighted by atomic mass is 19.1. The van der Waals surface area contributed by atoms with E-state index in [9.17, 15) is 8.78 Å². The summed E-state index contributed by atoms with van der Waals surface area (Å²) in [6.45, 7) is 0.928. The van der Waals surface area contributed by atoms with Gasteiger partial charge in [-0.3, -0.25) is 0 Å². The SMILES string of the molecule is NCc1cc(F)c(N2CCCC3CCCCC32)c(F)c1. The molecular formula is C16H22F2N2. The fraction of sp³-hybridized carbons (Fsp3) is 0.625. The van der Waals surface area contributed by atoms with Gasteiger partial charge < -0.3 is 10.6 Å². The molecule has 4 heteroatoms. The Kier molecular flexibility index (Phi) is 3.92. The van der Waals surface area contributed by atoms with E-state index in [1.165, 1.54) is 37.8 Å². The van der Waals surface area contributed by atoms with Crippen LogP contribution in [-0.2, 0) is 6.54 Å². The van der Waals surface area contributed by atoms with Crippen molar-refractivity contribution in [2.75, 3.05) is 11.4 Å². The second-order valence-electron chi connectivity index (χ2n) is 6.06. The summed E-state index contributed by atoms with van der Waals surface area (Å²) in [7, 11) is 0. The summed E-state index contributed by atoms with van der Waals surface area (Å²) in [5.74, 6) is -0.321. The van der Waals surface area contributed by atoms with Gasteiger partial charge in [0.1, 0.15) is 17.3 Å². The minimum atomic E-state index is -0.461. The van der Waals surface area contributed by atoms with Gasteiger partial charge in [-0.1, -0.05) is 12.8 Å². The Morgan fingerprint density at radius 2 is 1.70 bits per heavy atom. The van der Waals surface area contributed by atoms with Crippen LogP contribution in [0.2, 0.25) is 0 Å². The van der Waals surface area contributed by atoms with Crippen LogP contribution in [0.3, 0.4) is 0 Å². The highest BCUT2D eigenvalue weighted by Gasteiger charge is 2.35. The number of piperidine rings is 1. The quantitative estimate of drug-likeness (QED) is 0.897. The van der Waals surface area contributed by atoms with E-state index in [0.29, 0.717) is 17.5 Å². The van der Waals surface area contributed by atoms with E-state index >= 15 is 0 Å². The van der Waals surface area contributed by atoms with Crippen LogP contribution < -0.4 is 10.6 Å². The Bertz CT molecular complexity index is 464. The van der Waals surface area contributed by atoms with Crippen molar-refractivity contribution in [3.05, 3.63) is 29.3 Å². The van der Waals surface area contributed by atoms with Crippen LogP contribution in [-0.4, -0.2) is 12.6 Å². The van der Waals surface area contributed by atoms with Crippen molar-refractivity contribution in [2.24, 2.45) is 11.7 Å². The number of hydrogen-bond acceptors (Lipinski definition) is 2. The molecule has 1 aliphatic carbocycles. The molecule has 2 nitrogen and oxygen atoms in total. The Balaban J connectivity index is 1.94. The fourth-order valence-corrected chi connectivity index (χ4v) is 3.91. The molecule has 1 aromatic carbocycles. The number of rotatable bonds is 2. The van der Waals surface area contributed by atoms with E-state index < -0.39 is 11.6 Å². The molecule has 1 heterocycles. The summed E-state index contributed by atoms with van der Waals surface area (Å²) in [5, 5.41) is 0. The zero-order chi connectivity index (χ0) is 14.1. The van der Waals surface area contributed by atoms with Crippen molar-refractivity contribution in [3.8, 4) is 0 Å². The van der Waals surface area contributed by atoms with Crippen LogP contribution in [0.25, 0.3) is 0 Å². The highest BCUT2D eigenvalue weighted by molar-refractivity contribution is 5.52. The summed E-state index contributed by atoms with van der Waals surface area (Å²) in [4.78, 5) is 1.98. The van der Waals surface area contributed by atoms with E-state index in [1.807, 2.05) is 4.90 Å². The van der Waals surface area contributed by atoms with Crippen molar-refractivity contribution in [3.63, 3.8) is 0 Å². The summed E-state index contributed by atoms with van der Waals surface area (Å²) < 4.78 is 28.6. The Morgan fingerprint density at radius 1 is 1.05 bits per heavy atom. The minimum Gasteiger partial charge on any atom is -0.364 e. The molecule has 1 aliphatic heterocycles. The minimum absolute atomic E-state index is 0.166. The normalized spacial score (nSPS) is 26.4. The maximum absolute atomic E-state index is 14.3. The summed E-state index contributed by atoms with van der Waals surface area (Å²) in [6, 6.07) is 3.07. The van der Waals surface area contributed by atoms with E-state index in [1.54, 1.807) is 0 Å². The van der Waals surface area contributed by atoms with E-state index in [4.69, 9.17) is 5.73 Å². The number of hydrogen-bond donors (Lipinski definition) is 1. The molecule has 2 aliphatic rings. The van der Waals surface area contributed by atoms with Crippen molar-refractivity contribution >= 4 is 5.69 Å². The number of halogens is 2. The first-order chi connectivity index (χ1) is 9.70. The molecule has 1 saturated carbocycles. The third-order valence-corrected chi connectivity index (χ3v) is 4.84. The first-order valence-corrected chi connectivity index (χ1v) is 7.65. The lowest BCUT2D eigenvalue weighted by molar-refractivity contribution is 0.241. The molecule has 0 aromatic heterocycles. The molecule has 1 saturated heterocycles. The topological polar surface area (TPSA) is 29.3 Å². The molecule has 2 N–H and O–H groups in total. The zero-order valence-corrected chi connectivity index (χ0v) is 11.7. The molecule has 0 bridgehead atoms. The van der Waals surface area contributed by atoms with Gasteiger partial charge >= 0.3 is 0 Å². The summed E-state index contributed by atoms with van der Waals surface area (Å²) >= 11 is 0. The number of benzene rings is 1. The lowest BCUT2D eigenvalue weighted by Crippen LogP contribution is -2.47. The molecule has 0 amide bonds. The molecule has 2 unspecified atom stereocenters. The molecule has 2 fully saturated rings. The Hall–Kier alpha value is -1.16. The third kappa shape index (κ3) is 2.41. The molecule has 110 valence electrons.